The van der Waals surface area contributed by atoms with Crippen LogP contribution in [0.3, 0.4) is 0 Å². The molecule has 3 aromatic rings. The number of ether oxygens (including phenoxy) is 3. The normalized spacial score (nSPS) is 17.0. The standard InChI is InChI=1S/C24H20N4O7S/c1-33-22(31)15-11-36-23(25-15)27-20(29)16(9-13-5-3-2-4-6-13)28-21(30)19(26-24(28)32)14-7-8-17-18(10-14)35-12-34-17/h2-8,10-11,16,19H,9,12H2,1H3,(H,26,32)(H,25,27,29)/t16-,19+/m0/s1. The van der Waals surface area contributed by atoms with E-state index in [0.717, 1.165) is 21.8 Å². The molecular formula is C24H20N4O7S. The number of anilines is 1. The molecule has 0 unspecified atom stereocenters. The Morgan fingerprint density at radius 2 is 1.97 bits per heavy atom. The summed E-state index contributed by atoms with van der Waals surface area (Å²) < 4.78 is 15.3. The first kappa shape index (κ1) is 23.3. The van der Waals surface area contributed by atoms with Gasteiger partial charge in [0.25, 0.3) is 5.91 Å². The predicted molar refractivity (Wildman–Crippen MR) is 127 cm³/mol. The minimum atomic E-state index is -1.18. The van der Waals surface area contributed by atoms with Crippen LogP contribution in [-0.2, 0) is 20.7 Å². The van der Waals surface area contributed by atoms with Gasteiger partial charge in [-0.25, -0.2) is 19.5 Å². The number of aromatic nitrogens is 1. The topological polar surface area (TPSA) is 136 Å². The predicted octanol–water partition coefficient (Wildman–Crippen LogP) is 2.50. The summed E-state index contributed by atoms with van der Waals surface area (Å²) >= 11 is 1.02. The second kappa shape index (κ2) is 9.66. The highest BCUT2D eigenvalue weighted by atomic mass is 32.1. The van der Waals surface area contributed by atoms with Gasteiger partial charge in [-0.3, -0.25) is 9.59 Å². The Balaban J connectivity index is 1.42. The van der Waals surface area contributed by atoms with Gasteiger partial charge >= 0.3 is 12.0 Å². The molecule has 2 aromatic carbocycles. The molecule has 1 fully saturated rings. The third kappa shape index (κ3) is 4.45. The third-order valence-corrected chi connectivity index (χ3v) is 6.47. The van der Waals surface area contributed by atoms with E-state index in [0.29, 0.717) is 17.1 Å². The van der Waals surface area contributed by atoms with E-state index in [1.165, 1.54) is 12.5 Å². The largest absolute Gasteiger partial charge is 0.464 e. The first-order valence-electron chi connectivity index (χ1n) is 10.9. The first-order chi connectivity index (χ1) is 17.4. The number of imide groups is 1. The van der Waals surface area contributed by atoms with Crippen molar-refractivity contribution < 1.29 is 33.4 Å². The highest BCUT2D eigenvalue weighted by Crippen LogP contribution is 2.36. The van der Waals surface area contributed by atoms with Crippen molar-refractivity contribution in [3.05, 3.63) is 70.7 Å². The summed E-state index contributed by atoms with van der Waals surface area (Å²) in [5.41, 5.74) is 1.29. The molecule has 1 aromatic heterocycles. The Labute approximate surface area is 209 Å². The number of hydrogen-bond donors (Lipinski definition) is 2. The van der Waals surface area contributed by atoms with Gasteiger partial charge in [-0.05, 0) is 23.3 Å². The van der Waals surface area contributed by atoms with E-state index in [1.54, 1.807) is 42.5 Å². The summed E-state index contributed by atoms with van der Waals surface area (Å²) in [6.45, 7) is 0.0731. The van der Waals surface area contributed by atoms with E-state index in [1.807, 2.05) is 6.07 Å². The fraction of sp³-hybridized carbons (Fsp3) is 0.208. The average molecular weight is 509 g/mol. The lowest BCUT2D eigenvalue weighted by Gasteiger charge is -2.24. The van der Waals surface area contributed by atoms with Crippen molar-refractivity contribution in [3.63, 3.8) is 0 Å². The number of nitrogens with zero attached hydrogens (tertiary/aromatic N) is 2. The summed E-state index contributed by atoms with van der Waals surface area (Å²) in [6, 6.07) is 11.1. The number of benzene rings is 2. The quantitative estimate of drug-likeness (QED) is 0.367. The number of esters is 1. The first-order valence-corrected chi connectivity index (χ1v) is 11.7. The lowest BCUT2D eigenvalue weighted by Crippen LogP contribution is -2.49. The molecule has 0 saturated carbocycles. The number of urea groups is 1. The summed E-state index contributed by atoms with van der Waals surface area (Å²) in [4.78, 5) is 56.5. The number of amides is 4. The van der Waals surface area contributed by atoms with Gasteiger partial charge in [0.1, 0.15) is 12.1 Å². The minimum Gasteiger partial charge on any atom is -0.464 e. The second-order valence-corrected chi connectivity index (χ2v) is 8.79. The van der Waals surface area contributed by atoms with Crippen molar-refractivity contribution >= 4 is 40.3 Å². The molecule has 1 saturated heterocycles. The van der Waals surface area contributed by atoms with Crippen LogP contribution in [0.4, 0.5) is 9.93 Å². The summed E-state index contributed by atoms with van der Waals surface area (Å²) in [7, 11) is 1.23. The van der Waals surface area contributed by atoms with Crippen LogP contribution in [0.15, 0.2) is 53.9 Å². The van der Waals surface area contributed by atoms with Gasteiger partial charge in [-0.2, -0.15) is 0 Å². The van der Waals surface area contributed by atoms with Crippen molar-refractivity contribution in [2.75, 3.05) is 19.2 Å². The maximum absolute atomic E-state index is 13.5. The zero-order valence-corrected chi connectivity index (χ0v) is 19.7. The SMILES string of the molecule is COC(=O)c1csc(NC(=O)[C@H](Cc2ccccc2)N2C(=O)N[C@H](c3ccc4c(c3)OCO4)C2=O)n1. The Kier molecular flexibility index (Phi) is 6.25. The average Bonchev–Trinajstić information content (AvgIpc) is 3.61. The number of methoxy groups -OCH3 is 1. The number of carbonyl (C=O) groups is 4. The molecule has 36 heavy (non-hydrogen) atoms. The fourth-order valence-corrected chi connectivity index (χ4v) is 4.65. The minimum absolute atomic E-state index is 0.0373. The third-order valence-electron chi connectivity index (χ3n) is 5.72. The van der Waals surface area contributed by atoms with Crippen molar-refractivity contribution in [1.29, 1.82) is 0 Å². The molecule has 0 bridgehead atoms. The Hall–Kier alpha value is -4.45. The van der Waals surface area contributed by atoms with Crippen molar-refractivity contribution in [1.82, 2.24) is 15.2 Å². The van der Waals surface area contributed by atoms with Crippen LogP contribution in [0.2, 0.25) is 0 Å². The van der Waals surface area contributed by atoms with Gasteiger partial charge in [0.2, 0.25) is 12.7 Å². The highest BCUT2D eigenvalue weighted by molar-refractivity contribution is 7.14. The summed E-state index contributed by atoms with van der Waals surface area (Å²) in [5.74, 6) is -0.836. The number of thiazole rings is 1. The fourth-order valence-electron chi connectivity index (χ4n) is 3.96. The van der Waals surface area contributed by atoms with Gasteiger partial charge in [-0.15, -0.1) is 11.3 Å². The van der Waals surface area contributed by atoms with Crippen LogP contribution < -0.4 is 20.1 Å². The molecule has 3 heterocycles. The molecule has 11 nitrogen and oxygen atoms in total. The van der Waals surface area contributed by atoms with E-state index < -0.39 is 35.9 Å². The van der Waals surface area contributed by atoms with Gasteiger partial charge in [0.05, 0.1) is 7.11 Å². The molecule has 2 aliphatic rings. The maximum Gasteiger partial charge on any atom is 0.357 e. The van der Waals surface area contributed by atoms with Crippen molar-refractivity contribution in [2.45, 2.75) is 18.5 Å². The molecule has 5 rings (SSSR count). The summed E-state index contributed by atoms with van der Waals surface area (Å²) in [5, 5.41) is 6.86. The van der Waals surface area contributed by atoms with Crippen LogP contribution in [0.5, 0.6) is 11.5 Å². The smallest absolute Gasteiger partial charge is 0.357 e. The number of rotatable bonds is 7. The molecule has 2 aliphatic heterocycles. The maximum atomic E-state index is 13.5. The van der Waals surface area contributed by atoms with Crippen LogP contribution in [0.25, 0.3) is 0 Å². The summed E-state index contributed by atoms with van der Waals surface area (Å²) in [6.07, 6.45) is 0.0783. The molecule has 4 amide bonds. The number of nitrogens with one attached hydrogen (secondary N) is 2. The van der Waals surface area contributed by atoms with Gasteiger partial charge in [0.15, 0.2) is 22.3 Å². The van der Waals surface area contributed by atoms with E-state index >= 15 is 0 Å². The van der Waals surface area contributed by atoms with Crippen molar-refractivity contribution in [2.24, 2.45) is 0 Å². The lowest BCUT2D eigenvalue weighted by molar-refractivity contribution is -0.134. The molecule has 2 N–H and O–H groups in total. The van der Waals surface area contributed by atoms with E-state index in [-0.39, 0.29) is 24.0 Å². The molecule has 0 radical (unpaired) electrons. The van der Waals surface area contributed by atoms with Crippen LogP contribution >= 0.6 is 11.3 Å². The zero-order valence-electron chi connectivity index (χ0n) is 18.9. The Morgan fingerprint density at radius 3 is 2.75 bits per heavy atom. The van der Waals surface area contributed by atoms with E-state index in [9.17, 15) is 19.2 Å². The van der Waals surface area contributed by atoms with Gasteiger partial charge in [-0.1, -0.05) is 36.4 Å². The Morgan fingerprint density at radius 1 is 1.19 bits per heavy atom. The van der Waals surface area contributed by atoms with Crippen LogP contribution in [0, 0.1) is 0 Å². The lowest BCUT2D eigenvalue weighted by atomic mass is 10.0. The molecule has 0 aliphatic carbocycles. The van der Waals surface area contributed by atoms with Crippen LogP contribution in [0.1, 0.15) is 27.7 Å². The number of fused-ring (bicyclic) bond motifs is 1. The number of carbonyl (C=O) groups excluding carboxylic acids is 4. The van der Waals surface area contributed by atoms with Crippen LogP contribution in [-0.4, -0.2) is 53.6 Å². The van der Waals surface area contributed by atoms with E-state index in [2.05, 4.69) is 20.4 Å². The molecular weight excluding hydrogens is 488 g/mol. The monoisotopic (exact) mass is 508 g/mol. The van der Waals surface area contributed by atoms with Gasteiger partial charge < -0.3 is 24.8 Å². The zero-order chi connectivity index (χ0) is 25.2. The van der Waals surface area contributed by atoms with Gasteiger partial charge in [0, 0.05) is 11.8 Å². The Bertz CT molecular complexity index is 1340. The molecule has 2 atom stereocenters. The van der Waals surface area contributed by atoms with Crippen molar-refractivity contribution in [3.8, 4) is 11.5 Å². The van der Waals surface area contributed by atoms with E-state index in [4.69, 9.17) is 9.47 Å². The molecule has 184 valence electrons. The molecule has 12 heteroatoms. The highest BCUT2D eigenvalue weighted by Gasteiger charge is 2.45. The second-order valence-electron chi connectivity index (χ2n) is 7.93. The number of hydrogen-bond acceptors (Lipinski definition) is 9. The molecule has 0 spiro atoms.